The van der Waals surface area contributed by atoms with Crippen LogP contribution in [0.1, 0.15) is 23.2 Å². The van der Waals surface area contributed by atoms with E-state index in [2.05, 4.69) is 10.2 Å². The number of nitrogens with zero attached hydrogens (tertiary/aromatic N) is 4. The quantitative estimate of drug-likeness (QED) is 0.422. The van der Waals surface area contributed by atoms with Crippen molar-refractivity contribution < 1.29 is 9.79 Å². The molecule has 0 unspecified atom stereocenters. The van der Waals surface area contributed by atoms with Crippen LogP contribution in [0.2, 0.25) is 0 Å². The van der Waals surface area contributed by atoms with E-state index in [0.29, 0.717) is 11.4 Å². The first-order chi connectivity index (χ1) is 13.0. The van der Waals surface area contributed by atoms with Gasteiger partial charge in [-0.3, -0.25) is 4.99 Å². The molecule has 0 saturated heterocycles. The molecule has 0 fully saturated rings. The Morgan fingerprint density at radius 1 is 1.15 bits per heavy atom. The van der Waals surface area contributed by atoms with Crippen molar-refractivity contribution in [1.82, 2.24) is 9.90 Å². The van der Waals surface area contributed by atoms with Gasteiger partial charge in [0.2, 0.25) is 5.69 Å². The molecule has 0 aliphatic rings. The van der Waals surface area contributed by atoms with E-state index in [0.717, 1.165) is 11.1 Å². The Bertz CT molecular complexity index is 1070. The van der Waals surface area contributed by atoms with Crippen LogP contribution in [0.4, 0.5) is 5.69 Å². The maximum absolute atomic E-state index is 12.9. The topological polar surface area (TPSA) is 101 Å². The molecule has 7 heteroatoms. The fraction of sp³-hybridized carbons (Fsp3) is 0.200. The van der Waals surface area contributed by atoms with Crippen LogP contribution in [-0.2, 0) is 6.54 Å². The van der Waals surface area contributed by atoms with Gasteiger partial charge >= 0.3 is 5.56 Å². The van der Waals surface area contributed by atoms with Crippen LogP contribution in [-0.4, -0.2) is 15.8 Å². The van der Waals surface area contributed by atoms with Crippen LogP contribution >= 0.6 is 0 Å². The lowest BCUT2D eigenvalue weighted by atomic mass is 10.2. The molecule has 0 bridgehead atoms. The maximum atomic E-state index is 12.9. The molecule has 1 aromatic heterocycles. The Morgan fingerprint density at radius 3 is 2.33 bits per heavy atom. The van der Waals surface area contributed by atoms with Gasteiger partial charge in [-0.25, -0.2) is 4.79 Å². The zero-order valence-electron chi connectivity index (χ0n) is 15.1. The van der Waals surface area contributed by atoms with Crippen LogP contribution < -0.4 is 15.3 Å². The van der Waals surface area contributed by atoms with Crippen LogP contribution in [0.5, 0.6) is 0 Å². The van der Waals surface area contributed by atoms with Gasteiger partial charge in [-0.2, -0.15) is 9.94 Å². The van der Waals surface area contributed by atoms with E-state index in [4.69, 9.17) is 5.26 Å². The monoisotopic (exact) mass is 361 g/mol. The molecule has 0 saturated carbocycles. The highest BCUT2D eigenvalue weighted by atomic mass is 16.3. The number of nitrogens with one attached hydrogen (secondary N) is 1. The second kappa shape index (κ2) is 7.70. The Hall–Kier alpha value is -3.66. The number of aryl methyl sites for hydroxylation is 3. The van der Waals surface area contributed by atoms with Crippen LogP contribution in [0.3, 0.4) is 0 Å². The van der Waals surface area contributed by atoms with E-state index in [1.807, 2.05) is 44.2 Å². The smallest absolute Gasteiger partial charge is 0.406 e. The summed E-state index contributed by atoms with van der Waals surface area (Å²) in [6, 6.07) is 16.5. The number of hydrogen-bond donors (Lipinski definition) is 1. The minimum atomic E-state index is -0.649. The highest BCUT2D eigenvalue weighted by Gasteiger charge is 2.23. The predicted octanol–water partition coefficient (Wildman–Crippen LogP) is 1.42. The zero-order chi connectivity index (χ0) is 19.4. The average molecular weight is 361 g/mol. The third-order valence-electron chi connectivity index (χ3n) is 4.10. The molecular formula is C20H19N5O2. The van der Waals surface area contributed by atoms with Crippen molar-refractivity contribution in [2.75, 3.05) is 0 Å². The molecule has 0 atom stereocenters. The summed E-state index contributed by atoms with van der Waals surface area (Å²) in [5, 5.41) is 24.5. The van der Waals surface area contributed by atoms with Crippen molar-refractivity contribution in [2.24, 2.45) is 4.99 Å². The molecule has 0 radical (unpaired) electrons. The zero-order valence-corrected chi connectivity index (χ0v) is 15.1. The van der Waals surface area contributed by atoms with Gasteiger partial charge in [0.25, 0.3) is 0 Å². The first kappa shape index (κ1) is 18.1. The summed E-state index contributed by atoms with van der Waals surface area (Å²) in [5.41, 5.74) is 2.57. The lowest BCUT2D eigenvalue weighted by Gasteiger charge is -2.06. The fourth-order valence-corrected chi connectivity index (χ4v) is 2.63. The number of nitriles is 1. The molecule has 7 nitrogen and oxygen atoms in total. The summed E-state index contributed by atoms with van der Waals surface area (Å²) >= 11 is 0. The van der Waals surface area contributed by atoms with Crippen molar-refractivity contribution in [1.29, 1.82) is 5.26 Å². The highest BCUT2D eigenvalue weighted by Crippen LogP contribution is 2.13. The van der Waals surface area contributed by atoms with Gasteiger partial charge in [0.15, 0.2) is 5.69 Å². The van der Waals surface area contributed by atoms with Crippen molar-refractivity contribution in [3.8, 4) is 11.8 Å². The standard InChI is InChI=1S/C20H19N5O2/c1-14-4-8-16(9-5-14)22-19(26)18-20(27)25(23-24(18)13-3-12-21)17-10-6-15(2)7-11-17/h4-11H,3,13H2,1-2H3,(H-,22,23,26,27). The highest BCUT2D eigenvalue weighted by molar-refractivity contribution is 5.88. The number of hydrogen-bond acceptors (Lipinski definition) is 4. The predicted molar refractivity (Wildman–Crippen MR) is 98.9 cm³/mol. The normalized spacial score (nSPS) is 11.4. The minimum Gasteiger partial charge on any atom is -0.855 e. The lowest BCUT2D eigenvalue weighted by Crippen LogP contribution is -2.46. The molecule has 0 aliphatic carbocycles. The molecule has 136 valence electrons. The van der Waals surface area contributed by atoms with E-state index in [1.54, 1.807) is 24.3 Å². The van der Waals surface area contributed by atoms with Crippen molar-refractivity contribution in [3.05, 3.63) is 75.7 Å². The number of aromatic nitrogens is 3. The summed E-state index contributed by atoms with van der Waals surface area (Å²) in [6.45, 7) is 4.08. The van der Waals surface area contributed by atoms with Crippen LogP contribution in [0, 0.1) is 25.2 Å². The Morgan fingerprint density at radius 2 is 1.74 bits per heavy atom. The van der Waals surface area contributed by atoms with Crippen molar-refractivity contribution >= 4 is 11.6 Å². The second-order valence-electron chi connectivity index (χ2n) is 6.24. The number of aromatic amines is 1. The van der Waals surface area contributed by atoms with Gasteiger partial charge in [0, 0.05) is 5.90 Å². The average Bonchev–Trinajstić information content (AvgIpc) is 2.99. The molecule has 3 rings (SSSR count). The van der Waals surface area contributed by atoms with Gasteiger partial charge in [0.1, 0.15) is 6.54 Å². The van der Waals surface area contributed by atoms with E-state index < -0.39 is 11.5 Å². The van der Waals surface area contributed by atoms with E-state index in [-0.39, 0.29) is 18.7 Å². The summed E-state index contributed by atoms with van der Waals surface area (Å²) in [6.07, 6.45) is 0.156. The molecule has 3 aromatic rings. The first-order valence-electron chi connectivity index (χ1n) is 8.51. The minimum absolute atomic E-state index is 0.105. The molecular weight excluding hydrogens is 342 g/mol. The van der Waals surface area contributed by atoms with Crippen LogP contribution in [0.15, 0.2) is 58.3 Å². The van der Waals surface area contributed by atoms with Gasteiger partial charge in [0.05, 0.1) is 18.2 Å². The second-order valence-corrected chi connectivity index (χ2v) is 6.24. The molecule has 27 heavy (non-hydrogen) atoms. The van der Waals surface area contributed by atoms with E-state index in [1.165, 1.54) is 9.36 Å². The van der Waals surface area contributed by atoms with Gasteiger partial charge in [-0.1, -0.05) is 45.3 Å². The largest absolute Gasteiger partial charge is 0.855 e. The molecule has 1 N–H and O–H groups in total. The maximum Gasteiger partial charge on any atom is 0.406 e. The first-order valence-corrected chi connectivity index (χ1v) is 8.51. The Kier molecular flexibility index (Phi) is 5.18. The van der Waals surface area contributed by atoms with Crippen molar-refractivity contribution in [3.63, 3.8) is 0 Å². The molecule has 0 aliphatic heterocycles. The third-order valence-corrected chi connectivity index (χ3v) is 4.10. The van der Waals surface area contributed by atoms with Gasteiger partial charge in [-0.15, -0.1) is 0 Å². The lowest BCUT2D eigenvalue weighted by molar-refractivity contribution is -0.756. The summed E-state index contributed by atoms with van der Waals surface area (Å²) in [4.78, 5) is 16.9. The number of H-pyrrole nitrogens is 1. The Labute approximate surface area is 156 Å². The fourth-order valence-electron chi connectivity index (χ4n) is 2.63. The third kappa shape index (κ3) is 3.96. The Balaban J connectivity index is 2.09. The molecule has 0 amide bonds. The van der Waals surface area contributed by atoms with E-state index >= 15 is 0 Å². The van der Waals surface area contributed by atoms with E-state index in [9.17, 15) is 9.90 Å². The number of benzene rings is 2. The SMILES string of the molecule is Cc1ccc(N=C([O-])c2c(=O)n(-c3ccc(C)cc3)[nH][n+]2CCC#N)cc1. The van der Waals surface area contributed by atoms with Gasteiger partial charge in [-0.05, 0) is 38.1 Å². The van der Waals surface area contributed by atoms with Gasteiger partial charge < -0.3 is 5.11 Å². The molecule has 0 spiro atoms. The van der Waals surface area contributed by atoms with Crippen LogP contribution in [0.25, 0.3) is 5.69 Å². The van der Waals surface area contributed by atoms with Crippen molar-refractivity contribution in [2.45, 2.75) is 26.8 Å². The molecule has 1 heterocycles. The summed E-state index contributed by atoms with van der Waals surface area (Å²) < 4.78 is 2.67. The summed E-state index contributed by atoms with van der Waals surface area (Å²) in [5.74, 6) is -0.649. The number of rotatable bonds is 5. The summed E-state index contributed by atoms with van der Waals surface area (Å²) in [7, 11) is 0. The number of aliphatic imine (C=N–C) groups is 1. The molecule has 2 aromatic carbocycles.